The van der Waals surface area contributed by atoms with Crippen molar-refractivity contribution in [1.29, 1.82) is 0 Å². The van der Waals surface area contributed by atoms with Crippen LogP contribution < -0.4 is 9.47 Å². The number of phenolic OH excluding ortho intramolecular Hbond substituents is 1. The van der Waals surface area contributed by atoms with Gasteiger partial charge in [0.15, 0.2) is 0 Å². The van der Waals surface area contributed by atoms with Crippen molar-refractivity contribution in [3.8, 4) is 23.0 Å². The lowest BCUT2D eigenvalue weighted by molar-refractivity contribution is -0.277. The Morgan fingerprint density at radius 3 is 1.78 bits per heavy atom. The van der Waals surface area contributed by atoms with Gasteiger partial charge in [0.05, 0.1) is 6.61 Å². The van der Waals surface area contributed by atoms with E-state index in [-0.39, 0.29) is 28.2 Å². The fourth-order valence-electron chi connectivity index (χ4n) is 6.20. The molecule has 0 bridgehead atoms. The molecule has 1 fully saturated rings. The van der Waals surface area contributed by atoms with Gasteiger partial charge in [0.2, 0.25) is 6.29 Å². The van der Waals surface area contributed by atoms with Crippen LogP contribution in [0.15, 0.2) is 24.3 Å². The van der Waals surface area contributed by atoms with Gasteiger partial charge in [-0.2, -0.15) is 0 Å². The van der Waals surface area contributed by atoms with E-state index in [9.17, 15) is 45.3 Å². The molecule has 2 aromatic rings. The third kappa shape index (κ3) is 11.9. The predicted molar refractivity (Wildman–Crippen MR) is 181 cm³/mol. The van der Waals surface area contributed by atoms with Crippen molar-refractivity contribution in [3.05, 3.63) is 46.5 Å². The van der Waals surface area contributed by atoms with Crippen molar-refractivity contribution in [2.45, 2.75) is 141 Å². The van der Waals surface area contributed by atoms with Gasteiger partial charge in [-0.3, -0.25) is 0 Å². The summed E-state index contributed by atoms with van der Waals surface area (Å²) in [4.78, 5) is 24.8. The van der Waals surface area contributed by atoms with E-state index < -0.39 is 60.8 Å². The Bertz CT molecular complexity index is 1320. The Kier molecular flexibility index (Phi) is 16.6. The average molecular weight is 691 g/mol. The first-order valence-corrected chi connectivity index (χ1v) is 17.6. The second-order valence-corrected chi connectivity index (χ2v) is 13.0. The van der Waals surface area contributed by atoms with Crippen LogP contribution in [0.2, 0.25) is 0 Å². The van der Waals surface area contributed by atoms with Crippen LogP contribution in [0.25, 0.3) is 0 Å². The van der Waals surface area contributed by atoms with Crippen molar-refractivity contribution < 1.29 is 59.5 Å². The number of benzene rings is 2. The maximum Gasteiger partial charge on any atom is 0.347 e. The monoisotopic (exact) mass is 690 g/mol. The zero-order valence-electron chi connectivity index (χ0n) is 28.7. The molecule has 0 aliphatic carbocycles. The summed E-state index contributed by atoms with van der Waals surface area (Å²) in [6, 6.07) is 4.90. The molecule has 0 radical (unpaired) electrons. The summed E-state index contributed by atoms with van der Waals surface area (Å²) < 4.78 is 16.6. The van der Waals surface area contributed by atoms with Crippen molar-refractivity contribution in [2.24, 2.45) is 0 Å². The minimum Gasteiger partial charge on any atom is -0.507 e. The maximum absolute atomic E-state index is 13.4. The normalized spacial score (nSPS) is 20.7. The van der Waals surface area contributed by atoms with Crippen LogP contribution in [-0.2, 0) is 11.2 Å². The summed E-state index contributed by atoms with van der Waals surface area (Å²) in [6.07, 6.45) is 9.12. The van der Waals surface area contributed by atoms with Crippen LogP contribution in [0.5, 0.6) is 23.0 Å². The molecule has 0 saturated carbocycles. The van der Waals surface area contributed by atoms with Gasteiger partial charge < -0.3 is 50.0 Å². The van der Waals surface area contributed by atoms with Gasteiger partial charge in [-0.05, 0) is 43.0 Å². The van der Waals surface area contributed by atoms with Gasteiger partial charge in [-0.1, -0.05) is 90.4 Å². The van der Waals surface area contributed by atoms with Crippen LogP contribution in [-0.4, -0.2) is 85.0 Å². The number of aliphatic hydroxyl groups excluding tert-OH is 4. The molecule has 12 nitrogen and oxygen atoms in total. The average Bonchev–Trinajstić information content (AvgIpc) is 3.04. The summed E-state index contributed by atoms with van der Waals surface area (Å²) in [5, 5.41) is 70.8. The number of unbranched alkanes of at least 4 members (excludes halogenated alkanes) is 13. The molecule has 274 valence electrons. The first-order valence-electron chi connectivity index (χ1n) is 17.6. The van der Waals surface area contributed by atoms with Gasteiger partial charge in [0.25, 0.3) is 0 Å². The number of carboxylic acids is 1. The number of aliphatic hydroxyl groups is 4. The van der Waals surface area contributed by atoms with Crippen LogP contribution in [0.1, 0.15) is 129 Å². The number of carboxylic acid groups (broad SMARTS) is 1. The van der Waals surface area contributed by atoms with Crippen LogP contribution in [0.4, 0.5) is 0 Å². The minimum absolute atomic E-state index is 0.00181. The van der Waals surface area contributed by atoms with E-state index in [0.29, 0.717) is 18.4 Å². The maximum atomic E-state index is 13.4. The highest BCUT2D eigenvalue weighted by atomic mass is 16.7. The van der Waals surface area contributed by atoms with Gasteiger partial charge in [-0.15, -0.1) is 0 Å². The quantitative estimate of drug-likeness (QED) is 0.0491. The zero-order valence-corrected chi connectivity index (χ0v) is 28.7. The summed E-state index contributed by atoms with van der Waals surface area (Å²) in [5.74, 6) is -3.48. The molecule has 2 aromatic carbocycles. The van der Waals surface area contributed by atoms with Gasteiger partial charge >= 0.3 is 11.9 Å². The summed E-state index contributed by atoms with van der Waals surface area (Å²) in [7, 11) is 0. The number of esters is 1. The van der Waals surface area contributed by atoms with E-state index in [2.05, 4.69) is 6.92 Å². The number of aromatic hydroxyl groups is 2. The highest BCUT2D eigenvalue weighted by Gasteiger charge is 2.44. The summed E-state index contributed by atoms with van der Waals surface area (Å²) >= 11 is 0. The number of aromatic carboxylic acids is 1. The molecular weight excluding hydrogens is 636 g/mol. The van der Waals surface area contributed by atoms with E-state index in [4.69, 9.17) is 14.2 Å². The number of rotatable bonds is 21. The Morgan fingerprint density at radius 1 is 0.714 bits per heavy atom. The summed E-state index contributed by atoms with van der Waals surface area (Å²) in [5.41, 5.74) is 0.0585. The second-order valence-electron chi connectivity index (χ2n) is 13.0. The predicted octanol–water partition coefficient (Wildman–Crippen LogP) is 5.53. The smallest absolute Gasteiger partial charge is 0.347 e. The lowest BCUT2D eigenvalue weighted by Gasteiger charge is -2.39. The molecule has 49 heavy (non-hydrogen) atoms. The number of hydrogen-bond donors (Lipinski definition) is 7. The molecule has 1 aliphatic heterocycles. The molecule has 0 spiro atoms. The molecule has 1 heterocycles. The van der Waals surface area contributed by atoms with E-state index in [1.54, 1.807) is 0 Å². The molecule has 0 amide bonds. The lowest BCUT2D eigenvalue weighted by atomic mass is 9.98. The van der Waals surface area contributed by atoms with E-state index in [0.717, 1.165) is 37.8 Å². The summed E-state index contributed by atoms with van der Waals surface area (Å²) in [6.45, 7) is 3.03. The number of carbonyl (C=O) groups is 2. The number of aryl methyl sites for hydroxylation is 2. The van der Waals surface area contributed by atoms with Crippen LogP contribution in [0.3, 0.4) is 0 Å². The third-order valence-corrected chi connectivity index (χ3v) is 8.99. The Hall–Kier alpha value is -3.42. The second kappa shape index (κ2) is 20.3. The molecule has 5 unspecified atom stereocenters. The van der Waals surface area contributed by atoms with Crippen molar-refractivity contribution in [2.75, 3.05) is 6.61 Å². The van der Waals surface area contributed by atoms with Crippen molar-refractivity contribution in [3.63, 3.8) is 0 Å². The molecule has 1 aliphatic rings. The third-order valence-electron chi connectivity index (χ3n) is 8.99. The Labute approximate surface area is 288 Å². The minimum atomic E-state index is -1.68. The lowest BCUT2D eigenvalue weighted by Crippen LogP contribution is -2.60. The number of phenols is 2. The topological polar surface area (TPSA) is 203 Å². The van der Waals surface area contributed by atoms with Gasteiger partial charge in [0.1, 0.15) is 58.5 Å². The van der Waals surface area contributed by atoms with E-state index in [1.165, 1.54) is 76.8 Å². The SMILES string of the molecule is CCCCCCCCCCCCCCCCc1cc(OC2OC(CO)C(O)C(O)C2O)cc(O)c1C(=O)Oc1cc(C)c(C(=O)O)c(O)c1. The van der Waals surface area contributed by atoms with Gasteiger partial charge in [0, 0.05) is 12.1 Å². The highest BCUT2D eigenvalue weighted by Crippen LogP contribution is 2.34. The standard InChI is InChI=1S/C37H54O12/c1-3-4-5-6-7-8-9-10-11-12-13-14-15-16-17-24-19-26(48-37-34(43)33(42)32(41)29(22-38)49-37)21-28(40)31(24)36(46)47-25-18-23(2)30(35(44)45)27(39)20-25/h18-21,29,32-34,37-43H,3-17,22H2,1-2H3,(H,44,45). The zero-order chi connectivity index (χ0) is 35.9. The molecular formula is C37H54O12. The Balaban J connectivity index is 1.66. The molecule has 1 saturated heterocycles. The molecule has 7 N–H and O–H groups in total. The first kappa shape index (κ1) is 40.0. The van der Waals surface area contributed by atoms with Crippen LogP contribution >= 0.6 is 0 Å². The molecule has 0 aromatic heterocycles. The molecule has 12 heteroatoms. The fourth-order valence-corrected chi connectivity index (χ4v) is 6.20. The largest absolute Gasteiger partial charge is 0.507 e. The van der Waals surface area contributed by atoms with E-state index >= 15 is 0 Å². The van der Waals surface area contributed by atoms with E-state index in [1.807, 2.05) is 0 Å². The van der Waals surface area contributed by atoms with Crippen LogP contribution in [0, 0.1) is 6.92 Å². The van der Waals surface area contributed by atoms with Crippen molar-refractivity contribution in [1.82, 2.24) is 0 Å². The van der Waals surface area contributed by atoms with Gasteiger partial charge in [-0.25, -0.2) is 9.59 Å². The number of ether oxygens (including phenoxy) is 3. The first-order chi connectivity index (χ1) is 23.5. The molecule has 5 atom stereocenters. The molecule has 3 rings (SSSR count). The highest BCUT2D eigenvalue weighted by molar-refractivity contribution is 5.96. The Morgan fingerprint density at radius 2 is 1.24 bits per heavy atom. The number of carbonyl (C=O) groups excluding carboxylic acids is 1. The van der Waals surface area contributed by atoms with Crippen molar-refractivity contribution >= 4 is 11.9 Å². The fraction of sp³-hybridized carbons (Fsp3) is 0.622. The number of hydrogen-bond acceptors (Lipinski definition) is 11.